The Labute approximate surface area is 182 Å². The second-order valence-corrected chi connectivity index (χ2v) is 8.21. The summed E-state index contributed by atoms with van der Waals surface area (Å²) in [5, 5.41) is 0.577. The Bertz CT molecular complexity index is 1310. The fourth-order valence-electron chi connectivity index (χ4n) is 3.45. The molecule has 0 fully saturated rings. The Hall–Kier alpha value is -2.96. The molecule has 0 radical (unpaired) electrons. The average molecular weight is 439 g/mol. The van der Waals surface area contributed by atoms with Crippen LogP contribution >= 0.6 is 22.9 Å². The Morgan fingerprint density at radius 2 is 1.90 bits per heavy atom. The van der Waals surface area contributed by atoms with Crippen molar-refractivity contribution >= 4 is 35.0 Å². The van der Waals surface area contributed by atoms with Crippen LogP contribution in [0.2, 0.25) is 5.02 Å². The lowest BCUT2D eigenvalue weighted by molar-refractivity contribution is -0.139. The third kappa shape index (κ3) is 3.76. The van der Waals surface area contributed by atoms with Crippen LogP contribution in [-0.2, 0) is 9.53 Å². The van der Waals surface area contributed by atoms with Crippen LogP contribution in [0.25, 0.3) is 6.08 Å². The minimum atomic E-state index is -0.629. The summed E-state index contributed by atoms with van der Waals surface area (Å²) >= 11 is 7.37. The number of fused-ring (bicyclic) bond motifs is 1. The molecule has 0 bridgehead atoms. The molecule has 4 rings (SSSR count). The first-order chi connectivity index (χ1) is 14.5. The number of carbonyl (C=O) groups is 1. The van der Waals surface area contributed by atoms with Crippen molar-refractivity contribution in [1.29, 1.82) is 0 Å². The molecular weight excluding hydrogens is 420 g/mol. The van der Waals surface area contributed by atoms with Gasteiger partial charge < -0.3 is 4.74 Å². The van der Waals surface area contributed by atoms with E-state index in [1.54, 1.807) is 30.5 Å². The molecule has 1 aliphatic heterocycles. The summed E-state index contributed by atoms with van der Waals surface area (Å²) in [6, 6.07) is 16.1. The number of hydrogen-bond donors (Lipinski definition) is 0. The SMILES string of the molecule is CCOC(=O)C1=C(C)N=c2sc(=Cc3ccccc3)c(=O)n2[C@H]1c1ccc(Cl)cc1. The van der Waals surface area contributed by atoms with Crippen LogP contribution < -0.4 is 14.9 Å². The maximum absolute atomic E-state index is 13.4. The second-order valence-electron chi connectivity index (χ2n) is 6.76. The van der Waals surface area contributed by atoms with Crippen LogP contribution in [0, 0.1) is 0 Å². The highest BCUT2D eigenvalue weighted by atomic mass is 35.5. The van der Waals surface area contributed by atoms with Gasteiger partial charge in [-0.05, 0) is 43.2 Å². The van der Waals surface area contributed by atoms with E-state index in [0.29, 0.717) is 25.6 Å². The third-order valence-electron chi connectivity index (χ3n) is 4.80. The molecule has 0 saturated heterocycles. The number of esters is 1. The number of benzene rings is 2. The largest absolute Gasteiger partial charge is 0.463 e. The molecule has 0 saturated carbocycles. The minimum absolute atomic E-state index is 0.197. The summed E-state index contributed by atoms with van der Waals surface area (Å²) in [5.74, 6) is -0.476. The predicted molar refractivity (Wildman–Crippen MR) is 118 cm³/mol. The van der Waals surface area contributed by atoms with Crippen LogP contribution in [-0.4, -0.2) is 17.1 Å². The summed E-state index contributed by atoms with van der Waals surface area (Å²) < 4.78 is 7.41. The van der Waals surface area contributed by atoms with E-state index < -0.39 is 12.0 Å². The fraction of sp³-hybridized carbons (Fsp3) is 0.174. The highest BCUT2D eigenvalue weighted by Gasteiger charge is 2.33. The second kappa shape index (κ2) is 8.42. The lowest BCUT2D eigenvalue weighted by Gasteiger charge is -2.24. The van der Waals surface area contributed by atoms with E-state index in [4.69, 9.17) is 16.3 Å². The van der Waals surface area contributed by atoms with E-state index in [9.17, 15) is 9.59 Å². The van der Waals surface area contributed by atoms with Gasteiger partial charge in [0.15, 0.2) is 4.80 Å². The maximum atomic E-state index is 13.4. The smallest absolute Gasteiger partial charge is 0.338 e. The average Bonchev–Trinajstić information content (AvgIpc) is 3.03. The van der Waals surface area contributed by atoms with Crippen molar-refractivity contribution in [2.45, 2.75) is 19.9 Å². The monoisotopic (exact) mass is 438 g/mol. The quantitative estimate of drug-likeness (QED) is 0.586. The van der Waals surface area contributed by atoms with E-state index in [1.165, 1.54) is 11.3 Å². The summed E-state index contributed by atoms with van der Waals surface area (Å²) in [6.45, 7) is 3.75. The highest BCUT2D eigenvalue weighted by molar-refractivity contribution is 7.07. The van der Waals surface area contributed by atoms with Gasteiger partial charge in [0.2, 0.25) is 0 Å². The van der Waals surface area contributed by atoms with Gasteiger partial charge in [0.05, 0.1) is 28.5 Å². The first-order valence-corrected chi connectivity index (χ1v) is 10.7. The maximum Gasteiger partial charge on any atom is 0.338 e. The molecule has 30 heavy (non-hydrogen) atoms. The number of hydrogen-bond acceptors (Lipinski definition) is 5. The molecule has 0 spiro atoms. The zero-order valence-electron chi connectivity index (χ0n) is 16.5. The van der Waals surface area contributed by atoms with Crippen molar-refractivity contribution in [3.05, 3.63) is 102 Å². The normalized spacial score (nSPS) is 16.2. The van der Waals surface area contributed by atoms with Gasteiger partial charge in [-0.1, -0.05) is 65.4 Å². The number of halogens is 1. The molecule has 7 heteroatoms. The topological polar surface area (TPSA) is 60.7 Å². The van der Waals surface area contributed by atoms with Gasteiger partial charge in [-0.2, -0.15) is 0 Å². The highest BCUT2D eigenvalue weighted by Crippen LogP contribution is 2.31. The molecule has 5 nitrogen and oxygen atoms in total. The summed E-state index contributed by atoms with van der Waals surface area (Å²) in [4.78, 5) is 31.3. The van der Waals surface area contributed by atoms with E-state index >= 15 is 0 Å². The molecule has 0 aliphatic carbocycles. The van der Waals surface area contributed by atoms with E-state index in [2.05, 4.69) is 4.99 Å². The van der Waals surface area contributed by atoms with Gasteiger partial charge in [0.1, 0.15) is 0 Å². The third-order valence-corrected chi connectivity index (χ3v) is 6.04. The number of ether oxygens (including phenoxy) is 1. The van der Waals surface area contributed by atoms with E-state index in [1.807, 2.05) is 48.5 Å². The van der Waals surface area contributed by atoms with Crippen LogP contribution in [0.1, 0.15) is 31.0 Å². The Morgan fingerprint density at radius 3 is 2.57 bits per heavy atom. The van der Waals surface area contributed by atoms with Crippen LogP contribution in [0.3, 0.4) is 0 Å². The summed E-state index contributed by atoms with van der Waals surface area (Å²) in [7, 11) is 0. The number of thiazole rings is 1. The van der Waals surface area contributed by atoms with Crippen molar-refractivity contribution in [2.75, 3.05) is 6.61 Å². The molecule has 0 N–H and O–H groups in total. The zero-order valence-corrected chi connectivity index (χ0v) is 18.0. The molecule has 3 aromatic rings. The molecule has 152 valence electrons. The van der Waals surface area contributed by atoms with Gasteiger partial charge in [-0.15, -0.1) is 0 Å². The lowest BCUT2D eigenvalue weighted by atomic mass is 9.96. The first kappa shape index (κ1) is 20.3. The fourth-order valence-corrected chi connectivity index (χ4v) is 4.63. The van der Waals surface area contributed by atoms with Gasteiger partial charge in [0, 0.05) is 5.02 Å². The number of rotatable bonds is 4. The Kier molecular flexibility index (Phi) is 5.70. The van der Waals surface area contributed by atoms with Crippen LogP contribution in [0.5, 0.6) is 0 Å². The van der Waals surface area contributed by atoms with Crippen molar-refractivity contribution < 1.29 is 9.53 Å². The molecular formula is C23H19ClN2O3S. The predicted octanol–water partition coefficient (Wildman–Crippen LogP) is 3.45. The molecule has 0 unspecified atom stereocenters. The van der Waals surface area contributed by atoms with E-state index in [0.717, 1.165) is 11.1 Å². The van der Waals surface area contributed by atoms with Gasteiger partial charge in [-0.3, -0.25) is 9.36 Å². The number of aromatic nitrogens is 1. The van der Waals surface area contributed by atoms with Gasteiger partial charge >= 0.3 is 5.97 Å². The molecule has 2 aromatic carbocycles. The standard InChI is InChI=1S/C23H19ClN2O3S/c1-3-29-22(28)19-14(2)25-23-26(20(19)16-9-11-17(24)12-10-16)21(27)18(30-23)13-15-7-5-4-6-8-15/h4-13,20H,3H2,1-2H3/t20-/m0/s1. The lowest BCUT2D eigenvalue weighted by Crippen LogP contribution is -2.39. The van der Waals surface area contributed by atoms with Gasteiger partial charge in [0.25, 0.3) is 5.56 Å². The number of carbonyl (C=O) groups excluding carboxylic acids is 1. The molecule has 0 amide bonds. The van der Waals surface area contributed by atoms with Crippen molar-refractivity contribution in [1.82, 2.24) is 4.57 Å². The molecule has 1 aliphatic rings. The van der Waals surface area contributed by atoms with Crippen molar-refractivity contribution in [2.24, 2.45) is 4.99 Å². The Balaban J connectivity index is 1.96. The number of allylic oxidation sites excluding steroid dienone is 1. The Morgan fingerprint density at radius 1 is 1.20 bits per heavy atom. The van der Waals surface area contributed by atoms with E-state index in [-0.39, 0.29) is 12.2 Å². The molecule has 2 heterocycles. The minimum Gasteiger partial charge on any atom is -0.463 e. The molecule has 1 atom stereocenters. The summed E-state index contributed by atoms with van der Waals surface area (Å²) in [6.07, 6.45) is 1.84. The molecule has 1 aromatic heterocycles. The first-order valence-electron chi connectivity index (χ1n) is 9.49. The summed E-state index contributed by atoms with van der Waals surface area (Å²) in [5.41, 5.74) is 2.40. The van der Waals surface area contributed by atoms with Crippen molar-refractivity contribution in [3.63, 3.8) is 0 Å². The van der Waals surface area contributed by atoms with Gasteiger partial charge in [-0.25, -0.2) is 9.79 Å². The van der Waals surface area contributed by atoms with Crippen molar-refractivity contribution in [3.8, 4) is 0 Å². The van der Waals surface area contributed by atoms with Crippen LogP contribution in [0.15, 0.2) is 75.7 Å². The number of nitrogens with zero attached hydrogens (tertiary/aromatic N) is 2. The van der Waals surface area contributed by atoms with Crippen LogP contribution in [0.4, 0.5) is 0 Å². The zero-order chi connectivity index (χ0) is 21.3.